The Balaban J connectivity index is 1.99. The topological polar surface area (TPSA) is 67.4 Å². The Kier molecular flexibility index (Phi) is 4.79. The number of hydrogen-bond donors (Lipinski definition) is 2. The molecule has 2 rings (SSSR count). The maximum absolute atomic E-state index is 11.8. The summed E-state index contributed by atoms with van der Waals surface area (Å²) in [5.41, 5.74) is 0. The smallest absolute Gasteiger partial charge is 0.243 e. The molecule has 0 aliphatic carbocycles. The second-order valence-corrected chi connectivity index (χ2v) is 6.51. The summed E-state index contributed by atoms with van der Waals surface area (Å²) in [6.45, 7) is 2.64. The summed E-state index contributed by atoms with van der Waals surface area (Å²) in [6, 6.07) is 6.72. The molecule has 6 heteroatoms. The average molecular weight is 284 g/mol. The van der Waals surface area contributed by atoms with Crippen molar-refractivity contribution in [2.45, 2.75) is 17.7 Å². The van der Waals surface area contributed by atoms with E-state index in [1.54, 1.807) is 24.3 Å². The van der Waals surface area contributed by atoms with E-state index < -0.39 is 10.0 Å². The van der Waals surface area contributed by atoms with Crippen LogP contribution in [0, 0.1) is 5.92 Å². The van der Waals surface area contributed by atoms with Crippen molar-refractivity contribution >= 4 is 10.0 Å². The first kappa shape index (κ1) is 14.3. The van der Waals surface area contributed by atoms with Gasteiger partial charge in [0.2, 0.25) is 10.0 Å². The highest BCUT2D eigenvalue weighted by Gasteiger charge is 2.18. The molecule has 5 nitrogen and oxygen atoms in total. The van der Waals surface area contributed by atoms with E-state index in [0.29, 0.717) is 18.3 Å². The summed E-state index contributed by atoms with van der Waals surface area (Å²) < 4.78 is 31.6. The molecule has 1 fully saturated rings. The third kappa shape index (κ3) is 3.68. The fourth-order valence-corrected chi connectivity index (χ4v) is 3.07. The number of nitrogens with one attached hydrogen (secondary N) is 2. The highest BCUT2D eigenvalue weighted by Crippen LogP contribution is 2.23. The van der Waals surface area contributed by atoms with E-state index >= 15 is 0 Å². The molecular weight excluding hydrogens is 264 g/mol. The fraction of sp³-hybridized carbons (Fsp3) is 0.538. The molecule has 1 heterocycles. The van der Waals surface area contributed by atoms with E-state index in [4.69, 9.17) is 4.74 Å². The van der Waals surface area contributed by atoms with E-state index in [1.165, 1.54) is 13.5 Å². The van der Waals surface area contributed by atoms with E-state index in [-0.39, 0.29) is 4.90 Å². The number of sulfonamides is 1. The Bertz CT molecular complexity index is 510. The number of hydrogen-bond acceptors (Lipinski definition) is 4. The van der Waals surface area contributed by atoms with Gasteiger partial charge < -0.3 is 10.1 Å². The molecule has 1 aliphatic rings. The van der Waals surface area contributed by atoms with Gasteiger partial charge in [-0.15, -0.1) is 0 Å². The molecule has 1 aromatic rings. The molecule has 0 amide bonds. The number of ether oxygens (including phenoxy) is 1. The lowest BCUT2D eigenvalue weighted by Crippen LogP contribution is -2.20. The Morgan fingerprint density at radius 2 is 2.21 bits per heavy atom. The molecule has 106 valence electrons. The van der Waals surface area contributed by atoms with Gasteiger partial charge in [-0.1, -0.05) is 12.1 Å². The number of rotatable bonds is 6. The first-order valence-corrected chi connectivity index (χ1v) is 7.98. The van der Waals surface area contributed by atoms with Gasteiger partial charge in [0, 0.05) is 0 Å². The predicted molar refractivity (Wildman–Crippen MR) is 73.8 cm³/mol. The zero-order valence-electron chi connectivity index (χ0n) is 11.1. The molecule has 2 N–H and O–H groups in total. The van der Waals surface area contributed by atoms with Gasteiger partial charge >= 0.3 is 0 Å². The summed E-state index contributed by atoms with van der Waals surface area (Å²) in [7, 11) is -2.07. The molecule has 19 heavy (non-hydrogen) atoms. The van der Waals surface area contributed by atoms with Crippen LogP contribution in [0.5, 0.6) is 5.75 Å². The second kappa shape index (κ2) is 6.36. The predicted octanol–water partition coefficient (Wildman–Crippen LogP) is 0.973. The molecule has 1 saturated heterocycles. The van der Waals surface area contributed by atoms with Crippen LogP contribution in [0.25, 0.3) is 0 Å². The van der Waals surface area contributed by atoms with Gasteiger partial charge in [0.15, 0.2) is 0 Å². The highest BCUT2D eigenvalue weighted by atomic mass is 32.2. The second-order valence-electron chi connectivity index (χ2n) is 4.65. The quantitative estimate of drug-likeness (QED) is 0.817. The molecule has 1 atom stereocenters. The zero-order valence-corrected chi connectivity index (χ0v) is 11.9. The molecule has 0 aromatic heterocycles. The summed E-state index contributed by atoms with van der Waals surface area (Å²) in [5.74, 6) is 1.05. The molecule has 1 aliphatic heterocycles. The Labute approximate surface area is 114 Å². The van der Waals surface area contributed by atoms with Gasteiger partial charge in [-0.25, -0.2) is 13.1 Å². The Morgan fingerprint density at radius 1 is 1.42 bits per heavy atom. The molecule has 0 radical (unpaired) electrons. The van der Waals surface area contributed by atoms with Gasteiger partial charge in [0.1, 0.15) is 10.6 Å². The monoisotopic (exact) mass is 284 g/mol. The van der Waals surface area contributed by atoms with Crippen molar-refractivity contribution in [1.82, 2.24) is 10.0 Å². The average Bonchev–Trinajstić information content (AvgIpc) is 2.92. The maximum atomic E-state index is 11.8. The van der Waals surface area contributed by atoms with Gasteiger partial charge in [-0.05, 0) is 51.0 Å². The van der Waals surface area contributed by atoms with Crippen molar-refractivity contribution in [2.75, 3.05) is 26.7 Å². The van der Waals surface area contributed by atoms with Crippen molar-refractivity contribution in [3.63, 3.8) is 0 Å². The van der Waals surface area contributed by atoms with E-state index in [0.717, 1.165) is 19.5 Å². The van der Waals surface area contributed by atoms with Crippen LogP contribution in [0.3, 0.4) is 0 Å². The fourth-order valence-electron chi connectivity index (χ4n) is 2.20. The molecule has 1 aromatic carbocycles. The van der Waals surface area contributed by atoms with Crippen LogP contribution in [-0.4, -0.2) is 35.2 Å². The number of benzene rings is 1. The van der Waals surface area contributed by atoms with Crippen LogP contribution in [-0.2, 0) is 10.0 Å². The van der Waals surface area contributed by atoms with E-state index in [9.17, 15) is 8.42 Å². The SMILES string of the molecule is CNS(=O)(=O)c1ccccc1OCCC1CCNC1. The van der Waals surface area contributed by atoms with Gasteiger partial charge in [-0.3, -0.25) is 0 Å². The Morgan fingerprint density at radius 3 is 2.89 bits per heavy atom. The van der Waals surface area contributed by atoms with E-state index in [1.807, 2.05) is 0 Å². The Hall–Kier alpha value is -1.11. The third-order valence-electron chi connectivity index (χ3n) is 3.35. The van der Waals surface area contributed by atoms with Crippen LogP contribution < -0.4 is 14.8 Å². The van der Waals surface area contributed by atoms with Gasteiger partial charge in [-0.2, -0.15) is 0 Å². The van der Waals surface area contributed by atoms with Crippen LogP contribution in [0.15, 0.2) is 29.2 Å². The standard InChI is InChI=1S/C13H20N2O3S/c1-14-19(16,17)13-5-3-2-4-12(13)18-9-7-11-6-8-15-10-11/h2-5,11,14-15H,6-10H2,1H3. The summed E-state index contributed by atoms with van der Waals surface area (Å²) in [4.78, 5) is 0.196. The lowest BCUT2D eigenvalue weighted by atomic mass is 10.1. The summed E-state index contributed by atoms with van der Waals surface area (Å²) >= 11 is 0. The summed E-state index contributed by atoms with van der Waals surface area (Å²) in [5, 5.41) is 3.30. The minimum Gasteiger partial charge on any atom is -0.492 e. The zero-order chi connectivity index (χ0) is 13.7. The third-order valence-corrected chi connectivity index (χ3v) is 4.81. The first-order chi connectivity index (χ1) is 9.13. The van der Waals surface area contributed by atoms with Gasteiger partial charge in [0.05, 0.1) is 6.61 Å². The van der Waals surface area contributed by atoms with Crippen molar-refractivity contribution in [3.05, 3.63) is 24.3 Å². The van der Waals surface area contributed by atoms with Crippen molar-refractivity contribution < 1.29 is 13.2 Å². The van der Waals surface area contributed by atoms with Crippen molar-refractivity contribution in [3.8, 4) is 5.75 Å². The number of para-hydroxylation sites is 1. The summed E-state index contributed by atoms with van der Waals surface area (Å²) in [6.07, 6.45) is 2.11. The molecule has 0 bridgehead atoms. The molecular formula is C13H20N2O3S. The highest BCUT2D eigenvalue weighted by molar-refractivity contribution is 7.89. The van der Waals surface area contributed by atoms with Gasteiger partial charge in [0.25, 0.3) is 0 Å². The molecule has 0 saturated carbocycles. The van der Waals surface area contributed by atoms with Crippen LogP contribution in [0.4, 0.5) is 0 Å². The molecule has 0 spiro atoms. The van der Waals surface area contributed by atoms with Crippen LogP contribution in [0.2, 0.25) is 0 Å². The van der Waals surface area contributed by atoms with Crippen molar-refractivity contribution in [2.24, 2.45) is 5.92 Å². The van der Waals surface area contributed by atoms with Crippen LogP contribution in [0.1, 0.15) is 12.8 Å². The minimum atomic E-state index is -3.47. The molecule has 1 unspecified atom stereocenters. The normalized spacial score (nSPS) is 19.5. The maximum Gasteiger partial charge on any atom is 0.243 e. The lowest BCUT2D eigenvalue weighted by Gasteiger charge is -2.13. The lowest BCUT2D eigenvalue weighted by molar-refractivity contribution is 0.277. The largest absolute Gasteiger partial charge is 0.492 e. The van der Waals surface area contributed by atoms with Crippen LogP contribution >= 0.6 is 0 Å². The van der Waals surface area contributed by atoms with E-state index in [2.05, 4.69) is 10.0 Å². The van der Waals surface area contributed by atoms with Crippen molar-refractivity contribution in [1.29, 1.82) is 0 Å². The minimum absolute atomic E-state index is 0.196. The first-order valence-electron chi connectivity index (χ1n) is 6.49.